The lowest BCUT2D eigenvalue weighted by Gasteiger charge is -2.39. The Morgan fingerprint density at radius 2 is 1.46 bits per heavy atom. The van der Waals surface area contributed by atoms with Crippen molar-refractivity contribution in [2.75, 3.05) is 31.6 Å². The monoisotopic (exact) mass is 474 g/mol. The summed E-state index contributed by atoms with van der Waals surface area (Å²) in [5.74, 6) is 2.58. The molecule has 1 heterocycles. The molecule has 186 valence electrons. The maximum atomic E-state index is 11.2. The number of aliphatic hydroxyl groups is 1. The normalized spacial score (nSPS) is 15.7. The van der Waals surface area contributed by atoms with Crippen molar-refractivity contribution in [3.05, 3.63) is 84.4 Å². The lowest BCUT2D eigenvalue weighted by Crippen LogP contribution is -2.45. The topological polar surface area (TPSA) is 45.2 Å². The zero-order valence-corrected chi connectivity index (χ0v) is 21.2. The smallest absolute Gasteiger partial charge is 0.127 e. The first-order valence-electron chi connectivity index (χ1n) is 12.6. The first kappa shape index (κ1) is 25.1. The molecule has 4 rings (SSSR count). The lowest BCUT2D eigenvalue weighted by molar-refractivity contribution is -0.0275. The van der Waals surface area contributed by atoms with Gasteiger partial charge in [0.2, 0.25) is 0 Å². The van der Waals surface area contributed by atoms with Crippen LogP contribution in [0.5, 0.6) is 17.2 Å². The SMILES string of the molecule is CC(C)Oc1ccc(N(C)CCC2(O)CCN(Cc3ccc(Oc4ccccc4)cc3)CC2)cc1. The number of likely N-dealkylation sites (tertiary alicyclic amines) is 1. The highest BCUT2D eigenvalue weighted by Gasteiger charge is 2.32. The minimum absolute atomic E-state index is 0.173. The lowest BCUT2D eigenvalue weighted by atomic mass is 9.88. The highest BCUT2D eigenvalue weighted by atomic mass is 16.5. The van der Waals surface area contributed by atoms with E-state index in [2.05, 4.69) is 41.1 Å². The van der Waals surface area contributed by atoms with E-state index >= 15 is 0 Å². The molecule has 3 aromatic carbocycles. The fourth-order valence-electron chi connectivity index (χ4n) is 4.48. The van der Waals surface area contributed by atoms with Crippen LogP contribution in [0, 0.1) is 0 Å². The van der Waals surface area contributed by atoms with Crippen LogP contribution < -0.4 is 14.4 Å². The Labute approximate surface area is 209 Å². The predicted molar refractivity (Wildman–Crippen MR) is 143 cm³/mol. The number of rotatable bonds is 10. The summed E-state index contributed by atoms with van der Waals surface area (Å²) < 4.78 is 11.6. The zero-order chi connectivity index (χ0) is 24.7. The second-order valence-corrected chi connectivity index (χ2v) is 9.89. The Morgan fingerprint density at radius 1 is 0.857 bits per heavy atom. The molecule has 0 aliphatic carbocycles. The van der Waals surface area contributed by atoms with Crippen LogP contribution >= 0.6 is 0 Å². The number of ether oxygens (including phenoxy) is 2. The fourth-order valence-corrected chi connectivity index (χ4v) is 4.48. The van der Waals surface area contributed by atoms with Gasteiger partial charge in [-0.05, 0) is 87.2 Å². The molecule has 5 heteroatoms. The van der Waals surface area contributed by atoms with Gasteiger partial charge in [0.1, 0.15) is 17.2 Å². The van der Waals surface area contributed by atoms with Gasteiger partial charge >= 0.3 is 0 Å². The second-order valence-electron chi connectivity index (χ2n) is 9.89. The quantitative estimate of drug-likeness (QED) is 0.384. The molecule has 0 amide bonds. The van der Waals surface area contributed by atoms with Gasteiger partial charge in [-0.25, -0.2) is 0 Å². The summed E-state index contributed by atoms with van der Waals surface area (Å²) in [7, 11) is 2.09. The van der Waals surface area contributed by atoms with Crippen molar-refractivity contribution in [3.8, 4) is 17.2 Å². The molecule has 1 aliphatic rings. The average molecular weight is 475 g/mol. The van der Waals surface area contributed by atoms with Gasteiger partial charge in [0, 0.05) is 38.9 Å². The maximum absolute atomic E-state index is 11.2. The third-order valence-electron chi connectivity index (χ3n) is 6.66. The molecule has 0 spiro atoms. The maximum Gasteiger partial charge on any atom is 0.127 e. The molecule has 1 fully saturated rings. The Hall–Kier alpha value is -3.02. The van der Waals surface area contributed by atoms with Gasteiger partial charge in [-0.1, -0.05) is 30.3 Å². The first-order chi connectivity index (χ1) is 16.9. The molecular weight excluding hydrogens is 436 g/mol. The fraction of sp³-hybridized carbons (Fsp3) is 0.400. The third kappa shape index (κ3) is 7.48. The van der Waals surface area contributed by atoms with E-state index in [-0.39, 0.29) is 6.10 Å². The number of para-hydroxylation sites is 1. The number of hydrogen-bond acceptors (Lipinski definition) is 5. The second kappa shape index (κ2) is 11.6. The minimum atomic E-state index is -0.598. The number of hydrogen-bond donors (Lipinski definition) is 1. The van der Waals surface area contributed by atoms with E-state index in [1.165, 1.54) is 5.56 Å². The van der Waals surface area contributed by atoms with Crippen LogP contribution in [0.3, 0.4) is 0 Å². The van der Waals surface area contributed by atoms with E-state index in [1.807, 2.05) is 68.4 Å². The average Bonchev–Trinajstić information content (AvgIpc) is 2.86. The molecule has 0 unspecified atom stereocenters. The van der Waals surface area contributed by atoms with Crippen LogP contribution in [0.4, 0.5) is 5.69 Å². The standard InChI is InChI=1S/C30H38N2O3/c1-24(2)34-28-15-11-26(12-16-28)31(3)20-17-30(33)18-21-32(22-19-30)23-25-9-13-29(14-10-25)35-27-7-5-4-6-8-27/h4-16,24,33H,17-23H2,1-3H3. The van der Waals surface area contributed by atoms with Crippen LogP contribution in [0.1, 0.15) is 38.7 Å². The van der Waals surface area contributed by atoms with Crippen molar-refractivity contribution >= 4 is 5.69 Å². The van der Waals surface area contributed by atoms with Crippen LogP contribution in [0.2, 0.25) is 0 Å². The molecule has 35 heavy (non-hydrogen) atoms. The number of anilines is 1. The van der Waals surface area contributed by atoms with Gasteiger partial charge in [0.15, 0.2) is 0 Å². The summed E-state index contributed by atoms with van der Waals surface area (Å²) in [6.45, 7) is 7.59. The molecule has 0 aromatic heterocycles. The van der Waals surface area contributed by atoms with Crippen molar-refractivity contribution < 1.29 is 14.6 Å². The van der Waals surface area contributed by atoms with Crippen LogP contribution in [0.25, 0.3) is 0 Å². The van der Waals surface area contributed by atoms with Gasteiger partial charge in [-0.2, -0.15) is 0 Å². The molecule has 5 nitrogen and oxygen atoms in total. The molecule has 0 bridgehead atoms. The van der Waals surface area contributed by atoms with Crippen LogP contribution in [-0.4, -0.2) is 48.4 Å². The third-order valence-corrected chi connectivity index (χ3v) is 6.66. The minimum Gasteiger partial charge on any atom is -0.491 e. The highest BCUT2D eigenvalue weighted by Crippen LogP contribution is 2.29. The van der Waals surface area contributed by atoms with E-state index in [0.29, 0.717) is 0 Å². The molecule has 0 radical (unpaired) electrons. The largest absolute Gasteiger partial charge is 0.491 e. The van der Waals surface area contributed by atoms with Crippen molar-refractivity contribution in [1.29, 1.82) is 0 Å². The molecule has 0 atom stereocenters. The molecular formula is C30H38N2O3. The summed E-state index contributed by atoms with van der Waals surface area (Å²) in [5.41, 5.74) is 1.81. The van der Waals surface area contributed by atoms with Crippen molar-refractivity contribution in [3.63, 3.8) is 0 Å². The van der Waals surface area contributed by atoms with Crippen molar-refractivity contribution in [2.24, 2.45) is 0 Å². The highest BCUT2D eigenvalue weighted by molar-refractivity contribution is 5.48. The zero-order valence-electron chi connectivity index (χ0n) is 21.2. The summed E-state index contributed by atoms with van der Waals surface area (Å²) in [6, 6.07) is 26.4. The van der Waals surface area contributed by atoms with Crippen LogP contribution in [-0.2, 0) is 6.54 Å². The molecule has 0 saturated carbocycles. The van der Waals surface area contributed by atoms with E-state index < -0.39 is 5.60 Å². The van der Waals surface area contributed by atoms with Gasteiger partial charge in [0.05, 0.1) is 11.7 Å². The Morgan fingerprint density at radius 3 is 2.09 bits per heavy atom. The predicted octanol–water partition coefficient (Wildman–Crippen LogP) is 6.12. The molecule has 1 N–H and O–H groups in total. The van der Waals surface area contributed by atoms with E-state index in [9.17, 15) is 5.11 Å². The Balaban J connectivity index is 1.21. The Kier molecular flexibility index (Phi) is 8.32. The van der Waals surface area contributed by atoms with Crippen molar-refractivity contribution in [1.82, 2.24) is 4.90 Å². The Bertz CT molecular complexity index is 1030. The molecule has 3 aromatic rings. The summed E-state index contributed by atoms with van der Waals surface area (Å²) in [6.07, 6.45) is 2.55. The van der Waals surface area contributed by atoms with Gasteiger partial charge < -0.3 is 19.5 Å². The number of benzene rings is 3. The van der Waals surface area contributed by atoms with Gasteiger partial charge in [0.25, 0.3) is 0 Å². The van der Waals surface area contributed by atoms with Gasteiger partial charge in [-0.3, -0.25) is 4.90 Å². The number of nitrogens with zero attached hydrogens (tertiary/aromatic N) is 2. The van der Waals surface area contributed by atoms with Gasteiger partial charge in [-0.15, -0.1) is 0 Å². The van der Waals surface area contributed by atoms with Crippen LogP contribution in [0.15, 0.2) is 78.9 Å². The summed E-state index contributed by atoms with van der Waals surface area (Å²) in [5, 5.41) is 11.2. The molecule has 1 saturated heterocycles. The number of piperidine rings is 1. The summed E-state index contributed by atoms with van der Waals surface area (Å²) in [4.78, 5) is 4.64. The molecule has 1 aliphatic heterocycles. The van der Waals surface area contributed by atoms with E-state index in [4.69, 9.17) is 9.47 Å². The van der Waals surface area contributed by atoms with Crippen molar-refractivity contribution in [2.45, 2.75) is 51.4 Å². The summed E-state index contributed by atoms with van der Waals surface area (Å²) >= 11 is 0. The van der Waals surface area contributed by atoms with E-state index in [0.717, 1.165) is 68.4 Å². The van der Waals surface area contributed by atoms with E-state index in [1.54, 1.807) is 0 Å². The first-order valence-corrected chi connectivity index (χ1v) is 12.6.